The van der Waals surface area contributed by atoms with Crippen LogP contribution in [0.1, 0.15) is 88.1 Å². The van der Waals surface area contributed by atoms with Crippen molar-refractivity contribution in [2.24, 2.45) is 5.92 Å². The fourth-order valence-corrected chi connectivity index (χ4v) is 6.71. The molecule has 1 heterocycles. The van der Waals surface area contributed by atoms with Crippen molar-refractivity contribution in [2.45, 2.75) is 109 Å². The fraction of sp³-hybridized carbons (Fsp3) is 0.558. The average molecular weight is 822 g/mol. The number of nitrogens with one attached hydrogen (secondary N) is 6. The van der Waals surface area contributed by atoms with Crippen LogP contribution >= 0.6 is 0 Å². The van der Waals surface area contributed by atoms with Crippen LogP contribution in [0.15, 0.2) is 60.7 Å². The lowest BCUT2D eigenvalue weighted by Crippen LogP contribution is -2.59. The van der Waals surface area contributed by atoms with E-state index in [0.717, 1.165) is 51.6 Å². The van der Waals surface area contributed by atoms with Crippen molar-refractivity contribution in [3.63, 3.8) is 0 Å². The van der Waals surface area contributed by atoms with Gasteiger partial charge < -0.3 is 46.6 Å². The van der Waals surface area contributed by atoms with Gasteiger partial charge in [-0.05, 0) is 88.7 Å². The first kappa shape index (κ1) is 48.0. The van der Waals surface area contributed by atoms with Crippen LogP contribution in [0.3, 0.4) is 0 Å². The molecule has 324 valence electrons. The third-order valence-electron chi connectivity index (χ3n) is 10.0. The van der Waals surface area contributed by atoms with Crippen molar-refractivity contribution in [1.82, 2.24) is 36.8 Å². The molecular weight excluding hydrogens is 759 g/mol. The molecule has 3 rings (SSSR count). The highest BCUT2D eigenvalue weighted by Gasteiger charge is 2.32. The second kappa shape index (κ2) is 25.9. The van der Waals surface area contributed by atoms with Gasteiger partial charge in [0, 0.05) is 12.0 Å². The second-order valence-corrected chi connectivity index (χ2v) is 15.4. The standard InChI is InChI=1S/C43H63N7O9/c1-29(2)25-34(42(57)47-33(40(55)49-36(28-51)43(58)59-4)21-13-16-24-50-22-14-5-6-15-23-50)48-38(53)30(3)45-41(56)35(26-31-17-9-7-10-18-31)46-37(52)27-44-39(54)32-19-11-8-12-20-32/h7-12,17-20,29-30,33-36,51H,5-6,13-16,21-28H2,1-4H3,(H,44,54)(H,45,56)(H,46,52)(H,47,57)(H,48,53)(H,49,55)/t30-,33-,34-,35-,36-/m0/s1. The zero-order valence-corrected chi connectivity index (χ0v) is 34.8. The highest BCUT2D eigenvalue weighted by molar-refractivity contribution is 5.98. The Morgan fingerprint density at radius 2 is 1.25 bits per heavy atom. The van der Waals surface area contributed by atoms with Crippen molar-refractivity contribution >= 4 is 41.4 Å². The summed E-state index contributed by atoms with van der Waals surface area (Å²) in [6, 6.07) is 11.6. The maximum atomic E-state index is 13.9. The molecule has 1 fully saturated rings. The van der Waals surface area contributed by atoms with Crippen LogP contribution in [-0.2, 0) is 39.9 Å². The van der Waals surface area contributed by atoms with Gasteiger partial charge in [0.25, 0.3) is 5.91 Å². The van der Waals surface area contributed by atoms with Gasteiger partial charge >= 0.3 is 5.97 Å². The summed E-state index contributed by atoms with van der Waals surface area (Å²) < 4.78 is 4.69. The van der Waals surface area contributed by atoms with Crippen molar-refractivity contribution in [2.75, 3.05) is 39.9 Å². The van der Waals surface area contributed by atoms with E-state index in [9.17, 15) is 38.7 Å². The number of aliphatic hydroxyl groups is 1. The molecular formula is C43H63N7O9. The number of methoxy groups -OCH3 is 1. The summed E-state index contributed by atoms with van der Waals surface area (Å²) >= 11 is 0. The van der Waals surface area contributed by atoms with E-state index < -0.39 is 84.8 Å². The Morgan fingerprint density at radius 3 is 1.86 bits per heavy atom. The number of ether oxygens (including phenoxy) is 1. The molecule has 0 radical (unpaired) electrons. The molecule has 59 heavy (non-hydrogen) atoms. The molecule has 1 aliphatic heterocycles. The van der Waals surface area contributed by atoms with Crippen LogP contribution in [0.25, 0.3) is 0 Å². The minimum atomic E-state index is -1.33. The predicted octanol–water partition coefficient (Wildman–Crippen LogP) is 1.36. The number of rotatable bonds is 23. The highest BCUT2D eigenvalue weighted by atomic mass is 16.5. The maximum absolute atomic E-state index is 13.9. The number of carbonyl (C=O) groups excluding carboxylic acids is 7. The summed E-state index contributed by atoms with van der Waals surface area (Å²) in [7, 11) is 1.14. The van der Waals surface area contributed by atoms with E-state index in [1.54, 1.807) is 54.6 Å². The Kier molecular flexibility index (Phi) is 21.1. The molecule has 16 nitrogen and oxygen atoms in total. The molecule has 1 saturated heterocycles. The van der Waals surface area contributed by atoms with E-state index in [1.807, 2.05) is 19.9 Å². The van der Waals surface area contributed by atoms with Gasteiger partial charge in [-0.1, -0.05) is 75.2 Å². The van der Waals surface area contributed by atoms with Crippen molar-refractivity contribution in [3.05, 3.63) is 71.8 Å². The van der Waals surface area contributed by atoms with Crippen LogP contribution in [0, 0.1) is 5.92 Å². The van der Waals surface area contributed by atoms with Crippen LogP contribution in [-0.4, -0.2) is 122 Å². The fourth-order valence-electron chi connectivity index (χ4n) is 6.71. The average Bonchev–Trinajstić information content (AvgIpc) is 3.51. The molecule has 0 bridgehead atoms. The van der Waals surface area contributed by atoms with Gasteiger partial charge in [-0.3, -0.25) is 28.8 Å². The summed E-state index contributed by atoms with van der Waals surface area (Å²) in [5, 5.41) is 25.5. The molecule has 6 amide bonds. The number of hydrogen-bond acceptors (Lipinski definition) is 10. The molecule has 0 spiro atoms. The van der Waals surface area contributed by atoms with Gasteiger partial charge in [0.05, 0.1) is 20.3 Å². The van der Waals surface area contributed by atoms with Crippen LogP contribution in [0.2, 0.25) is 0 Å². The van der Waals surface area contributed by atoms with E-state index >= 15 is 0 Å². The van der Waals surface area contributed by atoms with Gasteiger partial charge in [0.2, 0.25) is 29.5 Å². The Bertz CT molecular complexity index is 1650. The third-order valence-corrected chi connectivity index (χ3v) is 10.0. The van der Waals surface area contributed by atoms with Gasteiger partial charge in [-0.25, -0.2) is 4.79 Å². The van der Waals surface area contributed by atoms with Gasteiger partial charge in [-0.2, -0.15) is 0 Å². The Morgan fingerprint density at radius 1 is 0.678 bits per heavy atom. The largest absolute Gasteiger partial charge is 0.467 e. The first-order valence-electron chi connectivity index (χ1n) is 20.6. The lowest BCUT2D eigenvalue weighted by atomic mass is 10.0. The van der Waals surface area contributed by atoms with Crippen molar-refractivity contribution in [3.8, 4) is 0 Å². The van der Waals surface area contributed by atoms with E-state index in [2.05, 4.69) is 36.8 Å². The zero-order valence-electron chi connectivity index (χ0n) is 34.8. The Labute approximate surface area is 347 Å². The number of hydrogen-bond donors (Lipinski definition) is 7. The number of likely N-dealkylation sites (tertiary alicyclic amines) is 1. The number of esters is 1. The third kappa shape index (κ3) is 17.6. The minimum absolute atomic E-state index is 0.0669. The van der Waals surface area contributed by atoms with Crippen LogP contribution in [0.4, 0.5) is 0 Å². The molecule has 0 saturated carbocycles. The number of carbonyl (C=O) groups is 7. The number of benzene rings is 2. The topological polar surface area (TPSA) is 224 Å². The molecule has 16 heteroatoms. The number of aliphatic hydroxyl groups excluding tert-OH is 1. The normalized spacial score (nSPS) is 15.6. The van der Waals surface area contributed by atoms with E-state index in [0.29, 0.717) is 12.0 Å². The lowest BCUT2D eigenvalue weighted by Gasteiger charge is -2.27. The summed E-state index contributed by atoms with van der Waals surface area (Å²) in [5.41, 5.74) is 1.11. The minimum Gasteiger partial charge on any atom is -0.467 e. The van der Waals surface area contributed by atoms with Gasteiger partial charge in [0.15, 0.2) is 6.04 Å². The van der Waals surface area contributed by atoms with Crippen LogP contribution in [0.5, 0.6) is 0 Å². The van der Waals surface area contributed by atoms with E-state index in [1.165, 1.54) is 19.8 Å². The number of nitrogens with zero attached hydrogens (tertiary/aromatic N) is 1. The summed E-state index contributed by atoms with van der Waals surface area (Å²) in [5.74, 6) is -4.64. The smallest absolute Gasteiger partial charge is 0.330 e. The monoisotopic (exact) mass is 821 g/mol. The Balaban J connectivity index is 1.68. The van der Waals surface area contributed by atoms with Crippen molar-refractivity contribution in [1.29, 1.82) is 0 Å². The first-order valence-corrected chi connectivity index (χ1v) is 20.6. The van der Waals surface area contributed by atoms with Gasteiger partial charge in [0.1, 0.15) is 24.2 Å². The molecule has 2 aromatic rings. The molecule has 2 aromatic carbocycles. The highest BCUT2D eigenvalue weighted by Crippen LogP contribution is 2.13. The molecule has 0 aliphatic carbocycles. The summed E-state index contributed by atoms with van der Waals surface area (Å²) in [4.78, 5) is 94.6. The summed E-state index contributed by atoms with van der Waals surface area (Å²) in [6.07, 6.45) is 6.59. The molecule has 7 N–H and O–H groups in total. The van der Waals surface area contributed by atoms with E-state index in [-0.39, 0.29) is 25.2 Å². The second-order valence-electron chi connectivity index (χ2n) is 15.4. The first-order chi connectivity index (χ1) is 28.3. The summed E-state index contributed by atoms with van der Waals surface area (Å²) in [6.45, 7) is 6.97. The Hall–Kier alpha value is -5.35. The molecule has 0 aromatic heterocycles. The number of amides is 6. The lowest BCUT2D eigenvalue weighted by molar-refractivity contribution is -0.146. The van der Waals surface area contributed by atoms with Gasteiger partial charge in [-0.15, -0.1) is 0 Å². The SMILES string of the molecule is COC(=O)[C@H](CO)NC(=O)[C@H](CCCCN1CCCCCC1)NC(=O)[C@H](CC(C)C)NC(=O)[C@H](C)NC(=O)[C@H](Cc1ccccc1)NC(=O)CNC(=O)c1ccccc1. The van der Waals surface area contributed by atoms with E-state index in [4.69, 9.17) is 4.74 Å². The van der Waals surface area contributed by atoms with Crippen LogP contribution < -0.4 is 31.9 Å². The zero-order chi connectivity index (χ0) is 43.2. The molecule has 0 unspecified atom stereocenters. The molecule has 1 aliphatic rings. The maximum Gasteiger partial charge on any atom is 0.330 e. The van der Waals surface area contributed by atoms with Crippen molar-refractivity contribution < 1.29 is 43.4 Å². The molecule has 5 atom stereocenters. The predicted molar refractivity (Wildman–Crippen MR) is 222 cm³/mol. The number of unbranched alkanes of at least 4 members (excludes halogenated alkanes) is 1. The quantitative estimate of drug-likeness (QED) is 0.0630.